The number of hydrogen-bond donors (Lipinski definition) is 3. The summed E-state index contributed by atoms with van der Waals surface area (Å²) in [5, 5.41) is 13.4. The van der Waals surface area contributed by atoms with E-state index in [1.807, 2.05) is 25.1 Å². The van der Waals surface area contributed by atoms with Crippen LogP contribution in [0.25, 0.3) is 11.3 Å². The summed E-state index contributed by atoms with van der Waals surface area (Å²) in [5.74, 6) is 1.39. The Kier molecular flexibility index (Phi) is 4.81. The zero-order valence-corrected chi connectivity index (χ0v) is 15.9. The molecule has 1 fully saturated rings. The van der Waals surface area contributed by atoms with Gasteiger partial charge in [-0.3, -0.25) is 14.8 Å². The quantitative estimate of drug-likeness (QED) is 0.725. The van der Waals surface area contributed by atoms with E-state index in [1.54, 1.807) is 4.90 Å². The average molecular weight is 385 g/mol. The number of cyclic esters (lactones) is 1. The normalized spacial score (nSPS) is 17.9. The number of aromatic nitrogens is 2. The van der Waals surface area contributed by atoms with Crippen LogP contribution in [-0.2, 0) is 16.0 Å². The molecule has 9 heteroatoms. The highest BCUT2D eigenvalue weighted by Gasteiger charge is 2.33. The molecule has 0 unspecified atom stereocenters. The van der Waals surface area contributed by atoms with Gasteiger partial charge in [0.25, 0.3) is 0 Å². The fourth-order valence-electron chi connectivity index (χ4n) is 3.51. The van der Waals surface area contributed by atoms with Crippen molar-refractivity contribution in [1.29, 1.82) is 0 Å². The van der Waals surface area contributed by atoms with Crippen LogP contribution in [0.3, 0.4) is 0 Å². The van der Waals surface area contributed by atoms with Crippen LogP contribution in [0.5, 0.6) is 5.75 Å². The summed E-state index contributed by atoms with van der Waals surface area (Å²) in [5.41, 5.74) is 3.64. The van der Waals surface area contributed by atoms with Gasteiger partial charge in [0.1, 0.15) is 11.9 Å². The van der Waals surface area contributed by atoms with E-state index in [9.17, 15) is 9.59 Å². The lowest BCUT2D eigenvalue weighted by Crippen LogP contribution is -2.33. The van der Waals surface area contributed by atoms with Gasteiger partial charge in [-0.25, -0.2) is 4.79 Å². The van der Waals surface area contributed by atoms with Crippen LogP contribution in [0.15, 0.2) is 18.2 Å². The second-order valence-corrected chi connectivity index (χ2v) is 6.79. The molecule has 0 bridgehead atoms. The molecule has 2 aromatic rings. The van der Waals surface area contributed by atoms with Crippen LogP contribution in [0.1, 0.15) is 19.4 Å². The number of benzene rings is 1. The fraction of sp³-hybridized carbons (Fsp3) is 0.421. The van der Waals surface area contributed by atoms with Crippen molar-refractivity contribution < 1.29 is 19.1 Å². The molecule has 0 saturated carbocycles. The highest BCUT2D eigenvalue weighted by Crippen LogP contribution is 2.39. The summed E-state index contributed by atoms with van der Waals surface area (Å²) in [6.45, 7) is 5.45. The maximum Gasteiger partial charge on any atom is 0.414 e. The van der Waals surface area contributed by atoms with E-state index in [4.69, 9.17) is 9.47 Å². The van der Waals surface area contributed by atoms with Crippen molar-refractivity contribution in [2.45, 2.75) is 26.4 Å². The van der Waals surface area contributed by atoms with Gasteiger partial charge < -0.3 is 20.1 Å². The third-order valence-corrected chi connectivity index (χ3v) is 4.82. The summed E-state index contributed by atoms with van der Waals surface area (Å²) in [6.07, 6.45) is -0.0680. The summed E-state index contributed by atoms with van der Waals surface area (Å²) in [6, 6.07) is 5.64. The van der Waals surface area contributed by atoms with E-state index in [0.717, 1.165) is 35.6 Å². The van der Waals surface area contributed by atoms with Gasteiger partial charge in [0.05, 0.1) is 31.1 Å². The maximum atomic E-state index is 12.3. The van der Waals surface area contributed by atoms with Crippen LogP contribution < -0.4 is 20.3 Å². The van der Waals surface area contributed by atoms with E-state index < -0.39 is 6.09 Å². The van der Waals surface area contributed by atoms with Gasteiger partial charge in [-0.1, -0.05) is 0 Å². The molecule has 2 aliphatic heterocycles. The van der Waals surface area contributed by atoms with Crippen molar-refractivity contribution in [2.24, 2.45) is 0 Å². The first-order valence-corrected chi connectivity index (χ1v) is 9.37. The monoisotopic (exact) mass is 385 g/mol. The SMILES string of the molecule is CCNc1n[nH]c2c1CCOc1cc(N3C[C@H](CNC(C)=O)OC3=O)ccc1-2. The van der Waals surface area contributed by atoms with Crippen molar-refractivity contribution in [3.05, 3.63) is 23.8 Å². The molecular formula is C19H23N5O4. The molecule has 4 rings (SSSR count). The second-order valence-electron chi connectivity index (χ2n) is 6.79. The smallest absolute Gasteiger partial charge is 0.414 e. The summed E-state index contributed by atoms with van der Waals surface area (Å²) in [4.78, 5) is 24.9. The zero-order valence-electron chi connectivity index (χ0n) is 15.9. The first-order chi connectivity index (χ1) is 13.6. The Hall–Kier alpha value is -3.23. The second kappa shape index (κ2) is 7.41. The highest BCUT2D eigenvalue weighted by molar-refractivity contribution is 5.91. The lowest BCUT2D eigenvalue weighted by molar-refractivity contribution is -0.119. The van der Waals surface area contributed by atoms with E-state index in [1.165, 1.54) is 6.92 Å². The van der Waals surface area contributed by atoms with Gasteiger partial charge in [-0.2, -0.15) is 5.10 Å². The van der Waals surface area contributed by atoms with Crippen molar-refractivity contribution in [3.8, 4) is 17.0 Å². The van der Waals surface area contributed by atoms with Crippen molar-refractivity contribution in [2.75, 3.05) is 36.5 Å². The lowest BCUT2D eigenvalue weighted by atomic mass is 10.0. The molecule has 1 aromatic carbocycles. The summed E-state index contributed by atoms with van der Waals surface area (Å²) in [7, 11) is 0. The molecule has 3 heterocycles. The largest absolute Gasteiger partial charge is 0.492 e. The molecule has 0 aliphatic carbocycles. The molecule has 3 N–H and O–H groups in total. The number of carbonyl (C=O) groups excluding carboxylic acids is 2. The predicted molar refractivity (Wildman–Crippen MR) is 104 cm³/mol. The minimum absolute atomic E-state index is 0.153. The topological polar surface area (TPSA) is 109 Å². The Morgan fingerprint density at radius 3 is 3.07 bits per heavy atom. The van der Waals surface area contributed by atoms with Crippen molar-refractivity contribution >= 4 is 23.5 Å². The van der Waals surface area contributed by atoms with Gasteiger partial charge in [-0.05, 0) is 19.1 Å². The molecule has 28 heavy (non-hydrogen) atoms. The van der Waals surface area contributed by atoms with Gasteiger partial charge in [-0.15, -0.1) is 0 Å². The summed E-state index contributed by atoms with van der Waals surface area (Å²) >= 11 is 0. The molecule has 0 radical (unpaired) electrons. The number of nitrogens with zero attached hydrogens (tertiary/aromatic N) is 2. The Labute approximate surface area is 162 Å². The Bertz CT molecular complexity index is 910. The van der Waals surface area contributed by atoms with E-state index in [2.05, 4.69) is 20.8 Å². The zero-order chi connectivity index (χ0) is 19.7. The molecular weight excluding hydrogens is 362 g/mol. The van der Waals surface area contributed by atoms with Crippen LogP contribution in [0.2, 0.25) is 0 Å². The van der Waals surface area contributed by atoms with E-state index in [0.29, 0.717) is 31.1 Å². The van der Waals surface area contributed by atoms with Crippen LogP contribution in [0, 0.1) is 0 Å². The van der Waals surface area contributed by atoms with Gasteiger partial charge in [0.2, 0.25) is 5.91 Å². The number of rotatable bonds is 5. The first-order valence-electron chi connectivity index (χ1n) is 9.37. The maximum absolute atomic E-state index is 12.3. The van der Waals surface area contributed by atoms with Crippen molar-refractivity contribution in [3.63, 3.8) is 0 Å². The van der Waals surface area contributed by atoms with Gasteiger partial charge >= 0.3 is 6.09 Å². The Morgan fingerprint density at radius 2 is 2.29 bits per heavy atom. The minimum Gasteiger partial charge on any atom is -0.492 e. The predicted octanol–water partition coefficient (Wildman–Crippen LogP) is 1.90. The first kappa shape index (κ1) is 18.1. The lowest BCUT2D eigenvalue weighted by Gasteiger charge is -2.16. The Balaban J connectivity index is 1.58. The minimum atomic E-state index is -0.430. The fourth-order valence-corrected chi connectivity index (χ4v) is 3.51. The number of aromatic amines is 1. The molecule has 1 aromatic heterocycles. The van der Waals surface area contributed by atoms with Crippen LogP contribution in [0.4, 0.5) is 16.3 Å². The van der Waals surface area contributed by atoms with Gasteiger partial charge in [0.15, 0.2) is 5.82 Å². The van der Waals surface area contributed by atoms with E-state index in [-0.39, 0.29) is 12.0 Å². The molecule has 2 aliphatic rings. The molecule has 0 spiro atoms. The highest BCUT2D eigenvalue weighted by atomic mass is 16.6. The number of fused-ring (bicyclic) bond motifs is 3. The third kappa shape index (κ3) is 3.35. The number of ether oxygens (including phenoxy) is 2. The standard InChI is InChI=1S/C19H23N5O4/c1-3-20-18-15-6-7-27-16-8-12(4-5-14(16)17(15)22-23-18)24-10-13(28-19(24)26)9-21-11(2)25/h4-5,8,13H,3,6-7,9-10H2,1-2H3,(H,21,25)(H2,20,22,23)/t13-/m0/s1. The number of H-pyrrole nitrogens is 1. The van der Waals surface area contributed by atoms with E-state index >= 15 is 0 Å². The van der Waals surface area contributed by atoms with Crippen LogP contribution >= 0.6 is 0 Å². The van der Waals surface area contributed by atoms with Crippen molar-refractivity contribution in [1.82, 2.24) is 15.5 Å². The molecule has 2 amide bonds. The molecule has 148 valence electrons. The Morgan fingerprint density at radius 1 is 1.43 bits per heavy atom. The molecule has 1 atom stereocenters. The van der Waals surface area contributed by atoms with Crippen LogP contribution in [-0.4, -0.2) is 54.5 Å². The van der Waals surface area contributed by atoms with Gasteiger partial charge in [0, 0.05) is 37.1 Å². The number of amides is 2. The number of nitrogens with one attached hydrogen (secondary N) is 3. The number of carbonyl (C=O) groups is 2. The summed E-state index contributed by atoms with van der Waals surface area (Å²) < 4.78 is 11.3. The molecule has 9 nitrogen and oxygen atoms in total. The number of anilines is 2. The number of hydrogen-bond acceptors (Lipinski definition) is 6. The third-order valence-electron chi connectivity index (χ3n) is 4.82. The molecule has 1 saturated heterocycles. The average Bonchev–Trinajstić information content (AvgIpc) is 3.18.